The summed E-state index contributed by atoms with van der Waals surface area (Å²) in [5, 5.41) is 3.41. The average Bonchev–Trinajstić information content (AvgIpc) is 2.86. The summed E-state index contributed by atoms with van der Waals surface area (Å²) < 4.78 is 18.7. The minimum atomic E-state index is -0.669. The van der Waals surface area contributed by atoms with Crippen LogP contribution < -0.4 is 10.7 Å². The molecule has 0 bridgehead atoms. The fourth-order valence-corrected chi connectivity index (χ4v) is 2.96. The van der Waals surface area contributed by atoms with Gasteiger partial charge in [0.05, 0.1) is 17.0 Å². The third kappa shape index (κ3) is 2.12. The summed E-state index contributed by atoms with van der Waals surface area (Å²) in [7, 11) is 0. The molecule has 0 radical (unpaired) electrons. The molecule has 0 spiro atoms. The SMILES string of the molecule is O=C1NC(c2ccc(F)cc2)c2c1oc1ccc(Cl)cc1c2=O. The van der Waals surface area contributed by atoms with E-state index < -0.39 is 17.8 Å². The number of fused-ring (bicyclic) bond motifs is 2. The van der Waals surface area contributed by atoms with E-state index in [2.05, 4.69) is 5.32 Å². The molecule has 1 aromatic heterocycles. The lowest BCUT2D eigenvalue weighted by molar-refractivity contribution is 0.0938. The lowest BCUT2D eigenvalue weighted by atomic mass is 9.99. The van der Waals surface area contributed by atoms with E-state index in [1.807, 2.05) is 0 Å². The van der Waals surface area contributed by atoms with Crippen molar-refractivity contribution in [2.75, 3.05) is 0 Å². The molecule has 1 atom stereocenters. The van der Waals surface area contributed by atoms with Crippen molar-refractivity contribution >= 4 is 28.5 Å². The summed E-state index contributed by atoms with van der Waals surface area (Å²) in [6.07, 6.45) is 0. The third-order valence-corrected chi connectivity index (χ3v) is 4.10. The molecule has 1 unspecified atom stereocenters. The molecular weight excluding hydrogens is 321 g/mol. The van der Waals surface area contributed by atoms with Gasteiger partial charge in [0.25, 0.3) is 5.91 Å². The molecule has 0 fully saturated rings. The second-order valence-corrected chi connectivity index (χ2v) is 5.71. The topological polar surface area (TPSA) is 59.3 Å². The summed E-state index contributed by atoms with van der Waals surface area (Å²) >= 11 is 5.94. The van der Waals surface area contributed by atoms with Gasteiger partial charge in [0.15, 0.2) is 5.43 Å². The van der Waals surface area contributed by atoms with Gasteiger partial charge in [-0.05, 0) is 35.9 Å². The molecule has 1 aliphatic rings. The Morgan fingerprint density at radius 3 is 2.57 bits per heavy atom. The average molecular weight is 330 g/mol. The second kappa shape index (κ2) is 4.93. The monoisotopic (exact) mass is 329 g/mol. The summed E-state index contributed by atoms with van der Waals surface area (Å²) in [4.78, 5) is 24.9. The normalized spacial score (nSPS) is 16.4. The van der Waals surface area contributed by atoms with Crippen molar-refractivity contribution in [2.24, 2.45) is 0 Å². The molecule has 4 nitrogen and oxygen atoms in total. The van der Waals surface area contributed by atoms with Gasteiger partial charge in [0.1, 0.15) is 11.4 Å². The molecule has 0 saturated carbocycles. The first-order valence-electron chi connectivity index (χ1n) is 6.87. The van der Waals surface area contributed by atoms with Gasteiger partial charge in [0.2, 0.25) is 5.76 Å². The number of amides is 1. The Balaban J connectivity index is 1.99. The smallest absolute Gasteiger partial charge is 0.288 e. The molecule has 114 valence electrons. The number of hydrogen-bond acceptors (Lipinski definition) is 3. The van der Waals surface area contributed by atoms with E-state index in [-0.39, 0.29) is 16.8 Å². The van der Waals surface area contributed by atoms with Crippen LogP contribution in [0.5, 0.6) is 0 Å². The molecule has 1 N–H and O–H groups in total. The zero-order valence-electron chi connectivity index (χ0n) is 11.6. The molecule has 2 heterocycles. The minimum absolute atomic E-state index is 0.0147. The highest BCUT2D eigenvalue weighted by molar-refractivity contribution is 6.31. The molecule has 3 aromatic rings. The second-order valence-electron chi connectivity index (χ2n) is 5.27. The Morgan fingerprint density at radius 2 is 1.83 bits per heavy atom. The van der Waals surface area contributed by atoms with Crippen molar-refractivity contribution in [1.82, 2.24) is 5.32 Å². The van der Waals surface area contributed by atoms with Crippen molar-refractivity contribution in [2.45, 2.75) is 6.04 Å². The van der Waals surface area contributed by atoms with E-state index in [0.717, 1.165) is 0 Å². The quantitative estimate of drug-likeness (QED) is 0.744. The zero-order valence-corrected chi connectivity index (χ0v) is 12.4. The zero-order chi connectivity index (χ0) is 16.1. The van der Waals surface area contributed by atoms with Crippen LogP contribution in [-0.4, -0.2) is 5.91 Å². The van der Waals surface area contributed by atoms with Crippen molar-refractivity contribution in [3.05, 3.63) is 80.4 Å². The van der Waals surface area contributed by atoms with Crippen LogP contribution in [0.4, 0.5) is 4.39 Å². The molecular formula is C17H9ClFNO3. The summed E-state index contributed by atoms with van der Waals surface area (Å²) in [5.41, 5.74) is 0.799. The van der Waals surface area contributed by atoms with Gasteiger partial charge in [0, 0.05) is 5.02 Å². The van der Waals surface area contributed by atoms with Crippen molar-refractivity contribution < 1.29 is 13.6 Å². The molecule has 1 amide bonds. The highest BCUT2D eigenvalue weighted by Crippen LogP contribution is 2.31. The molecule has 4 rings (SSSR count). The highest BCUT2D eigenvalue weighted by Gasteiger charge is 2.35. The van der Waals surface area contributed by atoms with Crippen LogP contribution >= 0.6 is 11.6 Å². The summed E-state index contributed by atoms with van der Waals surface area (Å²) in [6, 6.07) is 9.58. The molecule has 2 aromatic carbocycles. The van der Waals surface area contributed by atoms with Crippen molar-refractivity contribution in [3.8, 4) is 0 Å². The van der Waals surface area contributed by atoms with E-state index in [1.54, 1.807) is 12.1 Å². The number of nitrogens with one attached hydrogen (secondary N) is 1. The number of carbonyl (C=O) groups excluding carboxylic acids is 1. The molecule has 0 aliphatic carbocycles. The van der Waals surface area contributed by atoms with E-state index in [9.17, 15) is 14.0 Å². The number of carbonyl (C=O) groups is 1. The first kappa shape index (κ1) is 14.0. The van der Waals surface area contributed by atoms with E-state index in [4.69, 9.17) is 16.0 Å². The Kier molecular flexibility index (Phi) is 2.99. The molecule has 6 heteroatoms. The summed E-state index contributed by atoms with van der Waals surface area (Å²) in [5.74, 6) is -0.877. The lowest BCUT2D eigenvalue weighted by Crippen LogP contribution is -2.21. The van der Waals surface area contributed by atoms with Crippen LogP contribution in [0.25, 0.3) is 11.0 Å². The Hall–Kier alpha value is -2.66. The molecule has 1 aliphatic heterocycles. The van der Waals surface area contributed by atoms with E-state index in [0.29, 0.717) is 21.6 Å². The predicted octanol–water partition coefficient (Wildman–Crippen LogP) is 3.42. The molecule has 23 heavy (non-hydrogen) atoms. The fourth-order valence-electron chi connectivity index (χ4n) is 2.79. The van der Waals surface area contributed by atoms with Gasteiger partial charge < -0.3 is 9.73 Å². The maximum absolute atomic E-state index is 13.1. The van der Waals surface area contributed by atoms with Crippen molar-refractivity contribution in [3.63, 3.8) is 0 Å². The van der Waals surface area contributed by atoms with Crippen LogP contribution in [-0.2, 0) is 0 Å². The van der Waals surface area contributed by atoms with Crippen LogP contribution in [0.15, 0.2) is 51.7 Å². The lowest BCUT2D eigenvalue weighted by Gasteiger charge is -2.11. The van der Waals surface area contributed by atoms with Crippen LogP contribution in [0.2, 0.25) is 5.02 Å². The predicted molar refractivity (Wildman–Crippen MR) is 83.2 cm³/mol. The maximum Gasteiger partial charge on any atom is 0.288 e. The minimum Gasteiger partial charge on any atom is -0.450 e. The Morgan fingerprint density at radius 1 is 1.09 bits per heavy atom. The van der Waals surface area contributed by atoms with Crippen LogP contribution in [0.1, 0.15) is 27.7 Å². The molecule has 0 saturated heterocycles. The number of benzene rings is 2. The summed E-state index contributed by atoms with van der Waals surface area (Å²) in [6.45, 7) is 0. The van der Waals surface area contributed by atoms with Gasteiger partial charge in [-0.1, -0.05) is 23.7 Å². The van der Waals surface area contributed by atoms with Gasteiger partial charge in [-0.15, -0.1) is 0 Å². The van der Waals surface area contributed by atoms with Crippen LogP contribution in [0.3, 0.4) is 0 Å². The van der Waals surface area contributed by atoms with E-state index in [1.165, 1.54) is 30.3 Å². The Labute approximate surface area is 134 Å². The Bertz CT molecular complexity index is 1010. The van der Waals surface area contributed by atoms with Gasteiger partial charge in [-0.25, -0.2) is 4.39 Å². The van der Waals surface area contributed by atoms with Gasteiger partial charge >= 0.3 is 0 Å². The van der Waals surface area contributed by atoms with Crippen LogP contribution in [0, 0.1) is 5.82 Å². The standard InChI is InChI=1S/C17H9ClFNO3/c18-9-3-6-12-11(7-9)15(21)13-14(20-17(22)16(13)23-12)8-1-4-10(19)5-2-8/h1-7,14H,(H,20,22). The first-order chi connectivity index (χ1) is 11.0. The maximum atomic E-state index is 13.1. The first-order valence-corrected chi connectivity index (χ1v) is 7.25. The number of rotatable bonds is 1. The highest BCUT2D eigenvalue weighted by atomic mass is 35.5. The van der Waals surface area contributed by atoms with Gasteiger partial charge in [-0.3, -0.25) is 9.59 Å². The fraction of sp³-hybridized carbons (Fsp3) is 0.0588. The largest absolute Gasteiger partial charge is 0.450 e. The third-order valence-electron chi connectivity index (χ3n) is 3.86. The van der Waals surface area contributed by atoms with E-state index >= 15 is 0 Å². The van der Waals surface area contributed by atoms with Gasteiger partial charge in [-0.2, -0.15) is 0 Å². The number of hydrogen-bond donors (Lipinski definition) is 1. The van der Waals surface area contributed by atoms with Crippen molar-refractivity contribution in [1.29, 1.82) is 0 Å². The number of halogens is 2.